The number of aromatic amines is 1. The van der Waals surface area contributed by atoms with Crippen LogP contribution >= 0.6 is 0 Å². The lowest BCUT2D eigenvalue weighted by molar-refractivity contribution is -0.137. The average molecular weight is 537 g/mol. The molecular weight excluding hydrogens is 509 g/mol. The predicted molar refractivity (Wildman–Crippen MR) is 141 cm³/mol. The van der Waals surface area contributed by atoms with Gasteiger partial charge in [-0.3, -0.25) is 0 Å². The molecule has 0 spiro atoms. The summed E-state index contributed by atoms with van der Waals surface area (Å²) in [7, 11) is 0. The zero-order chi connectivity index (χ0) is 27.1. The Kier molecular flexibility index (Phi) is 6.28. The molecule has 4 heterocycles. The molecular formula is C28H27F3N6O2. The van der Waals surface area contributed by atoms with Gasteiger partial charge in [0.25, 0.3) is 0 Å². The van der Waals surface area contributed by atoms with Gasteiger partial charge >= 0.3 is 12.2 Å². The van der Waals surface area contributed by atoms with Crippen molar-refractivity contribution < 1.29 is 22.7 Å². The number of urea groups is 1. The molecule has 202 valence electrons. The fraction of sp³-hybridized carbons (Fsp3) is 0.321. The second-order valence-electron chi connectivity index (χ2n) is 9.81. The molecule has 1 fully saturated rings. The molecule has 2 aliphatic rings. The van der Waals surface area contributed by atoms with Gasteiger partial charge in [-0.2, -0.15) is 13.2 Å². The number of fused-ring (bicyclic) bond motifs is 2. The van der Waals surface area contributed by atoms with E-state index in [-0.39, 0.29) is 6.03 Å². The first-order valence-electron chi connectivity index (χ1n) is 12.8. The molecule has 11 heteroatoms. The van der Waals surface area contributed by atoms with Crippen LogP contribution in [0.25, 0.3) is 22.2 Å². The van der Waals surface area contributed by atoms with Crippen molar-refractivity contribution in [1.82, 2.24) is 24.8 Å². The number of pyridine rings is 1. The van der Waals surface area contributed by atoms with Crippen molar-refractivity contribution in [2.45, 2.75) is 19.6 Å². The second kappa shape index (κ2) is 9.79. The number of ether oxygens (including phenoxy) is 1. The molecule has 0 aliphatic carbocycles. The van der Waals surface area contributed by atoms with Crippen molar-refractivity contribution in [1.29, 1.82) is 0 Å². The minimum atomic E-state index is -4.42. The number of nitrogens with zero attached hydrogens (tertiary/aromatic N) is 5. The highest BCUT2D eigenvalue weighted by molar-refractivity contribution is 5.82. The van der Waals surface area contributed by atoms with E-state index in [4.69, 9.17) is 4.74 Å². The molecule has 0 bridgehead atoms. The molecule has 2 amide bonds. The minimum absolute atomic E-state index is 0.0776. The Bertz CT molecular complexity index is 1510. The molecule has 39 heavy (non-hydrogen) atoms. The molecule has 0 radical (unpaired) electrons. The summed E-state index contributed by atoms with van der Waals surface area (Å²) in [5, 5.41) is 0. The number of aromatic nitrogens is 3. The number of nitrogens with one attached hydrogen (secondary N) is 1. The second-order valence-corrected chi connectivity index (χ2v) is 9.81. The summed E-state index contributed by atoms with van der Waals surface area (Å²) in [5.74, 6) is 2.11. The number of hydrogen-bond donors (Lipinski definition) is 1. The minimum Gasteiger partial charge on any atom is -0.491 e. The van der Waals surface area contributed by atoms with Crippen LogP contribution in [-0.4, -0.2) is 70.1 Å². The number of carbonyl (C=O) groups excluding carboxylic acids is 1. The average Bonchev–Trinajstić information content (AvgIpc) is 3.18. The van der Waals surface area contributed by atoms with E-state index >= 15 is 0 Å². The molecule has 6 rings (SSSR count). The summed E-state index contributed by atoms with van der Waals surface area (Å²) in [4.78, 5) is 30.6. The van der Waals surface area contributed by atoms with Crippen LogP contribution in [0.15, 0.2) is 54.7 Å². The molecule has 1 saturated heterocycles. The normalized spacial score (nSPS) is 16.2. The van der Waals surface area contributed by atoms with E-state index in [2.05, 4.69) is 27.1 Å². The smallest absolute Gasteiger partial charge is 0.417 e. The van der Waals surface area contributed by atoms with E-state index in [1.165, 1.54) is 6.07 Å². The zero-order valence-corrected chi connectivity index (χ0v) is 21.3. The van der Waals surface area contributed by atoms with Crippen LogP contribution in [0.3, 0.4) is 0 Å². The Morgan fingerprint density at radius 2 is 1.72 bits per heavy atom. The quantitative estimate of drug-likeness (QED) is 0.386. The van der Waals surface area contributed by atoms with Crippen molar-refractivity contribution in [2.24, 2.45) is 0 Å². The predicted octanol–water partition coefficient (Wildman–Crippen LogP) is 5.09. The Balaban J connectivity index is 1.13. The van der Waals surface area contributed by atoms with Crippen molar-refractivity contribution in [3.8, 4) is 16.9 Å². The number of anilines is 1. The first-order chi connectivity index (χ1) is 18.7. The van der Waals surface area contributed by atoms with Crippen LogP contribution in [0, 0.1) is 6.92 Å². The van der Waals surface area contributed by atoms with Gasteiger partial charge in [0, 0.05) is 37.9 Å². The number of aryl methyl sites for hydroxylation is 1. The van der Waals surface area contributed by atoms with Crippen molar-refractivity contribution in [2.75, 3.05) is 44.2 Å². The maximum Gasteiger partial charge on any atom is 0.417 e. The molecule has 8 nitrogen and oxygen atoms in total. The first kappa shape index (κ1) is 25.0. The molecule has 0 unspecified atom stereocenters. The lowest BCUT2D eigenvalue weighted by Crippen LogP contribution is -2.53. The number of piperazine rings is 1. The maximum absolute atomic E-state index is 13.4. The molecule has 2 aliphatic heterocycles. The highest BCUT2D eigenvalue weighted by atomic mass is 19.4. The van der Waals surface area contributed by atoms with Crippen molar-refractivity contribution in [3.05, 3.63) is 71.7 Å². The standard InChI is InChI=1S/C28H27F3N6O2/c1-18-33-23-5-2-20(15-24(23)34-18)19-3-6-25-21(14-19)17-37(12-13-39-25)27(38)36-10-8-35(9-11-36)26-7-4-22(16-32-26)28(29,30)31/h2-7,14-16H,8-13,17H2,1H3,(H,33,34). The van der Waals surface area contributed by atoms with Crippen LogP contribution in [-0.2, 0) is 12.7 Å². The van der Waals surface area contributed by atoms with Gasteiger partial charge in [0.05, 0.1) is 29.7 Å². The molecule has 0 saturated carbocycles. The third kappa shape index (κ3) is 5.08. The van der Waals surface area contributed by atoms with Crippen LogP contribution in [0.1, 0.15) is 17.0 Å². The van der Waals surface area contributed by atoms with E-state index in [1.54, 1.807) is 9.80 Å². The molecule has 1 N–H and O–H groups in total. The van der Waals surface area contributed by atoms with E-state index in [0.717, 1.165) is 51.6 Å². The topological polar surface area (TPSA) is 77.6 Å². The number of H-pyrrole nitrogens is 1. The summed E-state index contributed by atoms with van der Waals surface area (Å²) in [6.07, 6.45) is -3.57. The summed E-state index contributed by atoms with van der Waals surface area (Å²) >= 11 is 0. The summed E-state index contributed by atoms with van der Waals surface area (Å²) in [5.41, 5.74) is 4.12. The van der Waals surface area contributed by atoms with Crippen LogP contribution < -0.4 is 9.64 Å². The molecule has 2 aromatic heterocycles. The number of rotatable bonds is 2. The van der Waals surface area contributed by atoms with Gasteiger partial charge < -0.3 is 24.4 Å². The lowest BCUT2D eigenvalue weighted by atomic mass is 10.0. The number of halogens is 3. The third-order valence-electron chi connectivity index (χ3n) is 7.19. The number of amides is 2. The Morgan fingerprint density at radius 3 is 2.46 bits per heavy atom. The Morgan fingerprint density at radius 1 is 0.949 bits per heavy atom. The number of carbonyl (C=O) groups is 1. The first-order valence-corrected chi connectivity index (χ1v) is 12.8. The summed E-state index contributed by atoms with van der Waals surface area (Å²) in [6.45, 7) is 5.10. The molecule has 4 aromatic rings. The number of imidazole rings is 1. The number of alkyl halides is 3. The van der Waals surface area contributed by atoms with Crippen molar-refractivity contribution in [3.63, 3.8) is 0 Å². The van der Waals surface area contributed by atoms with E-state index in [1.807, 2.05) is 36.1 Å². The number of hydrogen-bond acceptors (Lipinski definition) is 5. The summed E-state index contributed by atoms with van der Waals surface area (Å²) < 4.78 is 44.5. The number of benzene rings is 2. The van der Waals surface area contributed by atoms with Gasteiger partial charge in [0.15, 0.2) is 0 Å². The van der Waals surface area contributed by atoms with Gasteiger partial charge in [0.1, 0.15) is 24.0 Å². The van der Waals surface area contributed by atoms with E-state index in [0.29, 0.717) is 51.7 Å². The maximum atomic E-state index is 13.4. The summed E-state index contributed by atoms with van der Waals surface area (Å²) in [6, 6.07) is 14.5. The van der Waals surface area contributed by atoms with E-state index < -0.39 is 11.7 Å². The van der Waals surface area contributed by atoms with Crippen molar-refractivity contribution >= 4 is 22.9 Å². The molecule has 2 aromatic carbocycles. The van der Waals surface area contributed by atoms with Gasteiger partial charge in [-0.25, -0.2) is 14.8 Å². The monoisotopic (exact) mass is 536 g/mol. The van der Waals surface area contributed by atoms with Crippen LogP contribution in [0.5, 0.6) is 5.75 Å². The van der Waals surface area contributed by atoms with Gasteiger partial charge in [0.2, 0.25) is 0 Å². The zero-order valence-electron chi connectivity index (χ0n) is 21.3. The largest absolute Gasteiger partial charge is 0.491 e. The van der Waals surface area contributed by atoms with Gasteiger partial charge in [-0.15, -0.1) is 0 Å². The fourth-order valence-electron chi connectivity index (χ4n) is 5.12. The Hall–Kier alpha value is -4.28. The highest BCUT2D eigenvalue weighted by Gasteiger charge is 2.32. The van der Waals surface area contributed by atoms with E-state index in [9.17, 15) is 18.0 Å². The third-order valence-corrected chi connectivity index (χ3v) is 7.19. The fourth-order valence-corrected chi connectivity index (χ4v) is 5.12. The SMILES string of the molecule is Cc1nc2ccc(-c3ccc4c(c3)CN(C(=O)N3CCN(c5ccc(C(F)(F)F)cn5)CC3)CCO4)cc2[nH]1. The van der Waals surface area contributed by atoms with Crippen LogP contribution in [0.4, 0.5) is 23.8 Å². The lowest BCUT2D eigenvalue weighted by Gasteiger charge is -2.37. The Labute approximate surface area is 223 Å². The van der Waals surface area contributed by atoms with Gasteiger partial charge in [-0.1, -0.05) is 12.1 Å². The highest BCUT2D eigenvalue weighted by Crippen LogP contribution is 2.32. The van der Waals surface area contributed by atoms with Crippen LogP contribution in [0.2, 0.25) is 0 Å². The molecule has 0 atom stereocenters. The van der Waals surface area contributed by atoms with Gasteiger partial charge in [-0.05, 0) is 54.4 Å².